The largest absolute Gasteiger partial charge is 0.504 e. The number of aryl methyl sites for hydroxylation is 1. The standard InChI is InChI=1S/C23H26N4O2/c1-17-6-8-18(9-7-17)22(19-4-3-5-20(29-2)23(19)28)27-14-12-26(13-15-27)21-16-24-10-11-25-21/h3-11,16,22,28H,12-15H2,1-2H3. The summed E-state index contributed by atoms with van der Waals surface area (Å²) in [6.45, 7) is 5.50. The maximum atomic E-state index is 10.9. The maximum absolute atomic E-state index is 10.9. The lowest BCUT2D eigenvalue weighted by molar-refractivity contribution is 0.208. The SMILES string of the molecule is COc1cccc(C(c2ccc(C)cc2)N2CCN(c3cnccn3)CC2)c1O. The number of methoxy groups -OCH3 is 1. The zero-order valence-electron chi connectivity index (χ0n) is 16.8. The minimum Gasteiger partial charge on any atom is -0.504 e. The van der Waals surface area contributed by atoms with Crippen molar-refractivity contribution in [3.8, 4) is 11.5 Å². The van der Waals surface area contributed by atoms with Crippen LogP contribution in [0, 0.1) is 6.92 Å². The molecule has 6 nitrogen and oxygen atoms in total. The number of para-hydroxylation sites is 1. The van der Waals surface area contributed by atoms with Crippen LogP contribution < -0.4 is 9.64 Å². The van der Waals surface area contributed by atoms with Crippen LogP contribution in [-0.2, 0) is 0 Å². The molecule has 1 saturated heterocycles. The monoisotopic (exact) mass is 390 g/mol. The Bertz CT molecular complexity index is 939. The molecular formula is C23H26N4O2. The number of phenols is 1. The normalized spacial score (nSPS) is 15.9. The van der Waals surface area contributed by atoms with Crippen LogP contribution in [0.25, 0.3) is 0 Å². The fourth-order valence-corrected chi connectivity index (χ4v) is 3.92. The molecule has 1 aliphatic heterocycles. The van der Waals surface area contributed by atoms with Crippen molar-refractivity contribution in [3.05, 3.63) is 77.7 Å². The molecule has 0 bridgehead atoms. The van der Waals surface area contributed by atoms with E-state index in [1.807, 2.05) is 12.1 Å². The van der Waals surface area contributed by atoms with E-state index in [-0.39, 0.29) is 11.8 Å². The van der Waals surface area contributed by atoms with Gasteiger partial charge in [0.2, 0.25) is 0 Å². The van der Waals surface area contributed by atoms with Crippen molar-refractivity contribution in [1.29, 1.82) is 0 Å². The fourth-order valence-electron chi connectivity index (χ4n) is 3.92. The first-order chi connectivity index (χ1) is 14.2. The van der Waals surface area contributed by atoms with Crippen molar-refractivity contribution >= 4 is 5.82 Å². The zero-order chi connectivity index (χ0) is 20.2. The Kier molecular flexibility index (Phi) is 5.62. The lowest BCUT2D eigenvalue weighted by Crippen LogP contribution is -2.48. The molecule has 1 aromatic heterocycles. The molecule has 29 heavy (non-hydrogen) atoms. The highest BCUT2D eigenvalue weighted by Gasteiger charge is 2.29. The van der Waals surface area contributed by atoms with Crippen LogP contribution in [0.2, 0.25) is 0 Å². The molecule has 1 N–H and O–H groups in total. The number of nitrogens with zero attached hydrogens (tertiary/aromatic N) is 4. The molecule has 1 aliphatic rings. The number of piperazine rings is 1. The van der Waals surface area contributed by atoms with E-state index in [4.69, 9.17) is 4.74 Å². The Labute approximate surface area is 171 Å². The summed E-state index contributed by atoms with van der Waals surface area (Å²) in [5.74, 6) is 1.61. The lowest BCUT2D eigenvalue weighted by atomic mass is 9.94. The summed E-state index contributed by atoms with van der Waals surface area (Å²) >= 11 is 0. The van der Waals surface area contributed by atoms with E-state index in [0.29, 0.717) is 5.75 Å². The van der Waals surface area contributed by atoms with Crippen LogP contribution in [0.1, 0.15) is 22.7 Å². The van der Waals surface area contributed by atoms with E-state index in [9.17, 15) is 5.11 Å². The highest BCUT2D eigenvalue weighted by Crippen LogP contribution is 2.39. The summed E-state index contributed by atoms with van der Waals surface area (Å²) in [7, 11) is 1.58. The van der Waals surface area contributed by atoms with Crippen LogP contribution in [0.15, 0.2) is 61.1 Å². The van der Waals surface area contributed by atoms with Gasteiger partial charge in [0.15, 0.2) is 11.5 Å². The van der Waals surface area contributed by atoms with Crippen molar-refractivity contribution < 1.29 is 9.84 Å². The van der Waals surface area contributed by atoms with Gasteiger partial charge in [-0.05, 0) is 18.6 Å². The second kappa shape index (κ2) is 8.49. The van der Waals surface area contributed by atoms with Crippen LogP contribution >= 0.6 is 0 Å². The van der Waals surface area contributed by atoms with Crippen LogP contribution in [0.5, 0.6) is 11.5 Å². The number of aromatic nitrogens is 2. The van der Waals surface area contributed by atoms with Crippen LogP contribution in [0.4, 0.5) is 5.82 Å². The number of hydrogen-bond acceptors (Lipinski definition) is 6. The lowest BCUT2D eigenvalue weighted by Gasteiger charge is -2.40. The second-order valence-corrected chi connectivity index (χ2v) is 7.30. The fraction of sp³-hybridized carbons (Fsp3) is 0.304. The topological polar surface area (TPSA) is 61.7 Å². The first-order valence-corrected chi connectivity index (χ1v) is 9.85. The van der Waals surface area contributed by atoms with E-state index in [1.165, 1.54) is 5.56 Å². The minimum atomic E-state index is -0.0466. The third-order valence-electron chi connectivity index (χ3n) is 5.49. The molecule has 2 heterocycles. The summed E-state index contributed by atoms with van der Waals surface area (Å²) in [5, 5.41) is 10.9. The van der Waals surface area contributed by atoms with Crippen molar-refractivity contribution in [2.24, 2.45) is 0 Å². The average molecular weight is 390 g/mol. The molecule has 1 fully saturated rings. The van der Waals surface area contributed by atoms with E-state index in [0.717, 1.165) is 43.1 Å². The predicted molar refractivity (Wildman–Crippen MR) is 113 cm³/mol. The molecule has 1 atom stereocenters. The molecule has 4 rings (SSSR count). The molecule has 2 aromatic carbocycles. The van der Waals surface area contributed by atoms with Gasteiger partial charge in [0, 0.05) is 44.1 Å². The van der Waals surface area contributed by atoms with Gasteiger partial charge in [0.05, 0.1) is 19.3 Å². The van der Waals surface area contributed by atoms with E-state index < -0.39 is 0 Å². The summed E-state index contributed by atoms with van der Waals surface area (Å²) < 4.78 is 5.36. The van der Waals surface area contributed by atoms with Gasteiger partial charge in [0.1, 0.15) is 5.82 Å². The van der Waals surface area contributed by atoms with Crippen molar-refractivity contribution in [2.45, 2.75) is 13.0 Å². The molecule has 0 amide bonds. The Morgan fingerprint density at radius 2 is 1.76 bits per heavy atom. The molecule has 0 aliphatic carbocycles. The average Bonchev–Trinajstić information content (AvgIpc) is 2.77. The summed E-state index contributed by atoms with van der Waals surface area (Å²) in [4.78, 5) is 13.3. The molecule has 6 heteroatoms. The number of benzene rings is 2. The van der Waals surface area contributed by atoms with Gasteiger partial charge in [-0.3, -0.25) is 9.88 Å². The van der Waals surface area contributed by atoms with E-state index in [2.05, 4.69) is 51.0 Å². The molecule has 0 radical (unpaired) electrons. The van der Waals surface area contributed by atoms with Crippen molar-refractivity contribution in [3.63, 3.8) is 0 Å². The number of phenolic OH excluding ortho intramolecular Hbond substituents is 1. The van der Waals surface area contributed by atoms with E-state index >= 15 is 0 Å². The first kappa shape index (κ1) is 19.2. The Balaban J connectivity index is 1.64. The third kappa shape index (κ3) is 4.03. The first-order valence-electron chi connectivity index (χ1n) is 9.85. The zero-order valence-corrected chi connectivity index (χ0v) is 16.8. The number of anilines is 1. The van der Waals surface area contributed by atoms with E-state index in [1.54, 1.807) is 31.8 Å². The highest BCUT2D eigenvalue weighted by molar-refractivity contribution is 5.50. The third-order valence-corrected chi connectivity index (χ3v) is 5.49. The van der Waals surface area contributed by atoms with Gasteiger partial charge in [0.25, 0.3) is 0 Å². The van der Waals surface area contributed by atoms with Crippen molar-refractivity contribution in [1.82, 2.24) is 14.9 Å². The Morgan fingerprint density at radius 1 is 1.00 bits per heavy atom. The Hall–Kier alpha value is -3.12. The van der Waals surface area contributed by atoms with Gasteiger partial charge >= 0.3 is 0 Å². The smallest absolute Gasteiger partial charge is 0.162 e. The van der Waals surface area contributed by atoms with Crippen molar-refractivity contribution in [2.75, 3.05) is 38.2 Å². The van der Waals surface area contributed by atoms with Gasteiger partial charge < -0.3 is 14.7 Å². The number of aromatic hydroxyl groups is 1. The summed E-state index contributed by atoms with van der Waals surface area (Å²) in [6.07, 6.45) is 5.23. The quantitative estimate of drug-likeness (QED) is 0.720. The van der Waals surface area contributed by atoms with Gasteiger partial charge in [-0.1, -0.05) is 42.0 Å². The van der Waals surface area contributed by atoms with Gasteiger partial charge in [-0.25, -0.2) is 4.98 Å². The highest BCUT2D eigenvalue weighted by atomic mass is 16.5. The Morgan fingerprint density at radius 3 is 2.41 bits per heavy atom. The predicted octanol–water partition coefficient (Wildman–Crippen LogP) is 3.41. The van der Waals surface area contributed by atoms with Crippen LogP contribution in [0.3, 0.4) is 0 Å². The molecular weight excluding hydrogens is 364 g/mol. The molecule has 0 saturated carbocycles. The number of hydrogen-bond donors (Lipinski definition) is 1. The second-order valence-electron chi connectivity index (χ2n) is 7.30. The van der Waals surface area contributed by atoms with Gasteiger partial charge in [-0.2, -0.15) is 0 Å². The molecule has 3 aromatic rings. The summed E-state index contributed by atoms with van der Waals surface area (Å²) in [5.41, 5.74) is 3.24. The molecule has 1 unspecified atom stereocenters. The van der Waals surface area contributed by atoms with Gasteiger partial charge in [-0.15, -0.1) is 0 Å². The number of rotatable bonds is 5. The van der Waals surface area contributed by atoms with Crippen LogP contribution in [-0.4, -0.2) is 53.3 Å². The maximum Gasteiger partial charge on any atom is 0.162 e. The molecule has 150 valence electrons. The minimum absolute atomic E-state index is 0.0466. The molecule has 0 spiro atoms. The summed E-state index contributed by atoms with van der Waals surface area (Å²) in [6, 6.07) is 14.2. The number of ether oxygens (including phenoxy) is 1.